The van der Waals surface area contributed by atoms with Gasteiger partial charge in [-0.3, -0.25) is 14.9 Å². The van der Waals surface area contributed by atoms with Crippen LogP contribution in [0.3, 0.4) is 0 Å². The minimum atomic E-state index is -1.52. The van der Waals surface area contributed by atoms with Crippen LogP contribution in [0.4, 0.5) is 4.79 Å². The maximum absolute atomic E-state index is 13.0. The van der Waals surface area contributed by atoms with Gasteiger partial charge in [0.1, 0.15) is 5.75 Å². The van der Waals surface area contributed by atoms with Crippen LogP contribution in [0.15, 0.2) is 30.3 Å². The SMILES string of the molecule is COc1ccc2c(c1)CCN(CC1(C#Cc3ccc(Cl)s3)NC(=O)NC1=O)C2=O. The summed E-state index contributed by atoms with van der Waals surface area (Å²) in [5, 5.41) is 4.81. The Morgan fingerprint density at radius 3 is 2.76 bits per heavy atom. The summed E-state index contributed by atoms with van der Waals surface area (Å²) in [5.74, 6) is 5.64. The number of thiophene rings is 1. The predicted molar refractivity (Wildman–Crippen MR) is 108 cm³/mol. The molecule has 148 valence electrons. The van der Waals surface area contributed by atoms with Crippen LogP contribution in [0, 0.1) is 11.8 Å². The molecule has 2 aromatic rings. The number of hydrogen-bond acceptors (Lipinski definition) is 5. The summed E-state index contributed by atoms with van der Waals surface area (Å²) in [6.45, 7) is 0.345. The van der Waals surface area contributed by atoms with Gasteiger partial charge in [0.15, 0.2) is 0 Å². The summed E-state index contributed by atoms with van der Waals surface area (Å²) in [6, 6.07) is 8.07. The van der Waals surface area contributed by atoms with Gasteiger partial charge in [-0.15, -0.1) is 11.3 Å². The molecule has 29 heavy (non-hydrogen) atoms. The zero-order valence-electron chi connectivity index (χ0n) is 15.4. The Bertz CT molecular complexity index is 1090. The molecule has 0 bridgehead atoms. The van der Waals surface area contributed by atoms with Crippen molar-refractivity contribution in [1.82, 2.24) is 15.5 Å². The van der Waals surface area contributed by atoms with Gasteiger partial charge in [0.2, 0.25) is 5.54 Å². The molecule has 0 saturated carbocycles. The van der Waals surface area contributed by atoms with Crippen molar-refractivity contribution in [2.24, 2.45) is 0 Å². The molecule has 3 heterocycles. The fourth-order valence-corrected chi connectivity index (χ4v) is 4.25. The maximum Gasteiger partial charge on any atom is 0.323 e. The second-order valence-electron chi connectivity index (χ2n) is 6.67. The third kappa shape index (κ3) is 3.67. The number of methoxy groups -OCH3 is 1. The molecule has 2 N–H and O–H groups in total. The smallest absolute Gasteiger partial charge is 0.323 e. The van der Waals surface area contributed by atoms with Crippen molar-refractivity contribution in [2.75, 3.05) is 20.2 Å². The van der Waals surface area contributed by atoms with E-state index >= 15 is 0 Å². The zero-order chi connectivity index (χ0) is 20.6. The molecule has 0 radical (unpaired) electrons. The first-order chi connectivity index (χ1) is 13.9. The van der Waals surface area contributed by atoms with Crippen molar-refractivity contribution >= 4 is 40.8 Å². The summed E-state index contributed by atoms with van der Waals surface area (Å²) in [7, 11) is 1.57. The van der Waals surface area contributed by atoms with Gasteiger partial charge in [0, 0.05) is 12.1 Å². The normalized spacial score (nSPS) is 20.5. The van der Waals surface area contributed by atoms with Crippen molar-refractivity contribution in [1.29, 1.82) is 0 Å². The number of carbonyl (C=O) groups excluding carboxylic acids is 3. The molecule has 2 aliphatic rings. The summed E-state index contributed by atoms with van der Waals surface area (Å²) in [5.41, 5.74) is -0.0819. The highest BCUT2D eigenvalue weighted by molar-refractivity contribution is 7.16. The largest absolute Gasteiger partial charge is 0.497 e. The van der Waals surface area contributed by atoms with Gasteiger partial charge in [0.05, 0.1) is 22.9 Å². The Kier molecular flexibility index (Phi) is 4.94. The highest BCUT2D eigenvalue weighted by Crippen LogP contribution is 2.26. The lowest BCUT2D eigenvalue weighted by Gasteiger charge is -2.33. The molecule has 1 atom stereocenters. The highest BCUT2D eigenvalue weighted by atomic mass is 35.5. The summed E-state index contributed by atoms with van der Waals surface area (Å²) < 4.78 is 5.79. The average molecular weight is 430 g/mol. The molecule has 1 aromatic heterocycles. The quantitative estimate of drug-likeness (QED) is 0.577. The van der Waals surface area contributed by atoms with E-state index in [-0.39, 0.29) is 12.5 Å². The fourth-order valence-electron chi connectivity index (χ4n) is 3.36. The van der Waals surface area contributed by atoms with Crippen LogP contribution in [0.2, 0.25) is 4.34 Å². The van der Waals surface area contributed by atoms with Gasteiger partial charge in [-0.05, 0) is 42.3 Å². The molecule has 2 aliphatic heterocycles. The summed E-state index contributed by atoms with van der Waals surface area (Å²) in [4.78, 5) is 39.6. The number of imide groups is 1. The number of benzene rings is 1. The molecule has 4 rings (SSSR count). The molecular weight excluding hydrogens is 414 g/mol. The molecule has 1 saturated heterocycles. The third-order valence-electron chi connectivity index (χ3n) is 4.82. The number of fused-ring (bicyclic) bond motifs is 1. The van der Waals surface area contributed by atoms with E-state index in [1.165, 1.54) is 16.2 Å². The Labute approximate surface area is 176 Å². The van der Waals surface area contributed by atoms with Crippen LogP contribution < -0.4 is 15.4 Å². The molecule has 7 nitrogen and oxygen atoms in total. The predicted octanol–water partition coefficient (Wildman–Crippen LogP) is 2.04. The first-order valence-corrected chi connectivity index (χ1v) is 9.98. The molecule has 9 heteroatoms. The van der Waals surface area contributed by atoms with Crippen molar-refractivity contribution in [2.45, 2.75) is 12.0 Å². The van der Waals surface area contributed by atoms with Gasteiger partial charge in [-0.2, -0.15) is 0 Å². The lowest BCUT2D eigenvalue weighted by atomic mass is 9.94. The van der Waals surface area contributed by atoms with E-state index in [0.29, 0.717) is 33.5 Å². The maximum atomic E-state index is 13.0. The first kappa shape index (κ1) is 19.3. The van der Waals surface area contributed by atoms with E-state index in [1.54, 1.807) is 31.4 Å². The number of carbonyl (C=O) groups is 3. The number of halogens is 1. The lowest BCUT2D eigenvalue weighted by molar-refractivity contribution is -0.122. The zero-order valence-corrected chi connectivity index (χ0v) is 16.9. The Morgan fingerprint density at radius 2 is 2.10 bits per heavy atom. The Morgan fingerprint density at radius 1 is 1.28 bits per heavy atom. The van der Waals surface area contributed by atoms with Gasteiger partial charge in [-0.25, -0.2) is 4.79 Å². The number of ether oxygens (including phenoxy) is 1. The van der Waals surface area contributed by atoms with Crippen molar-refractivity contribution in [3.05, 3.63) is 50.7 Å². The van der Waals surface area contributed by atoms with Crippen molar-refractivity contribution in [3.63, 3.8) is 0 Å². The number of nitrogens with zero attached hydrogens (tertiary/aromatic N) is 1. The van der Waals surface area contributed by atoms with E-state index < -0.39 is 17.5 Å². The van der Waals surface area contributed by atoms with Crippen LogP contribution in [0.1, 0.15) is 20.8 Å². The van der Waals surface area contributed by atoms with Gasteiger partial charge in [-0.1, -0.05) is 23.4 Å². The van der Waals surface area contributed by atoms with Crippen LogP contribution in [-0.2, 0) is 11.2 Å². The molecule has 0 aliphatic carbocycles. The van der Waals surface area contributed by atoms with Crippen LogP contribution in [0.5, 0.6) is 5.75 Å². The minimum absolute atomic E-state index is 0.0546. The number of hydrogen-bond donors (Lipinski definition) is 2. The number of amides is 4. The molecule has 0 spiro atoms. The third-order valence-corrected chi connectivity index (χ3v) is 5.97. The number of rotatable bonds is 3. The van der Waals surface area contributed by atoms with Crippen molar-refractivity contribution in [3.8, 4) is 17.6 Å². The average Bonchev–Trinajstić information content (AvgIpc) is 3.24. The van der Waals surface area contributed by atoms with E-state index in [9.17, 15) is 14.4 Å². The lowest BCUT2D eigenvalue weighted by Crippen LogP contribution is -2.56. The standard InChI is InChI=1S/C20H16ClN3O4S/c1-28-13-2-4-15-12(10-13)7-9-24(17(15)25)11-20(18(26)22-19(27)23-20)8-6-14-3-5-16(21)29-14/h2-5,10H,7,9,11H2,1H3,(H2,22,23,26,27). The van der Waals surface area contributed by atoms with E-state index in [4.69, 9.17) is 16.3 Å². The molecular formula is C20H16ClN3O4S. The van der Waals surface area contributed by atoms with E-state index in [2.05, 4.69) is 22.5 Å². The second kappa shape index (κ2) is 7.43. The van der Waals surface area contributed by atoms with Gasteiger partial charge >= 0.3 is 6.03 Å². The van der Waals surface area contributed by atoms with E-state index in [1.807, 2.05) is 6.07 Å². The van der Waals surface area contributed by atoms with Gasteiger partial charge in [0.25, 0.3) is 11.8 Å². The molecule has 1 fully saturated rings. The van der Waals surface area contributed by atoms with Crippen LogP contribution >= 0.6 is 22.9 Å². The number of urea groups is 1. The van der Waals surface area contributed by atoms with E-state index in [0.717, 1.165) is 5.56 Å². The highest BCUT2D eigenvalue weighted by Gasteiger charge is 2.47. The Hall–Kier alpha value is -3.02. The molecule has 4 amide bonds. The summed E-state index contributed by atoms with van der Waals surface area (Å²) in [6.07, 6.45) is 0.609. The molecule has 1 aromatic carbocycles. The Balaban J connectivity index is 1.63. The van der Waals surface area contributed by atoms with Crippen molar-refractivity contribution < 1.29 is 19.1 Å². The van der Waals surface area contributed by atoms with Crippen LogP contribution in [0.25, 0.3) is 0 Å². The summed E-state index contributed by atoms with van der Waals surface area (Å²) >= 11 is 7.19. The minimum Gasteiger partial charge on any atom is -0.497 e. The second-order valence-corrected chi connectivity index (χ2v) is 8.38. The van der Waals surface area contributed by atoms with Gasteiger partial charge < -0.3 is 15.0 Å². The fraction of sp³-hybridized carbons (Fsp3) is 0.250. The number of nitrogens with one attached hydrogen (secondary N) is 2. The first-order valence-electron chi connectivity index (χ1n) is 8.78. The monoisotopic (exact) mass is 429 g/mol. The molecule has 1 unspecified atom stereocenters. The topological polar surface area (TPSA) is 87.7 Å². The van der Waals surface area contributed by atoms with Crippen LogP contribution in [-0.4, -0.2) is 48.5 Å².